The maximum atomic E-state index is 11.9. The molecule has 24 heavy (non-hydrogen) atoms. The quantitative estimate of drug-likeness (QED) is 0.474. The van der Waals surface area contributed by atoms with E-state index in [1.165, 1.54) is 24.3 Å². The van der Waals surface area contributed by atoms with E-state index in [4.69, 9.17) is 0 Å². The lowest BCUT2D eigenvalue weighted by Crippen LogP contribution is -2.44. The van der Waals surface area contributed by atoms with Crippen molar-refractivity contribution in [3.8, 4) is 0 Å². The van der Waals surface area contributed by atoms with Gasteiger partial charge in [-0.2, -0.15) is 0 Å². The van der Waals surface area contributed by atoms with Gasteiger partial charge in [0, 0.05) is 17.8 Å². The predicted octanol–water partition coefficient (Wildman–Crippen LogP) is 1.81. The molecular formula is C16H17N3O5. The molecule has 8 nitrogen and oxygen atoms in total. The average molecular weight is 331 g/mol. The summed E-state index contributed by atoms with van der Waals surface area (Å²) in [5.74, 6) is 0. The number of urea groups is 1. The number of carbonyl (C=O) groups is 1. The molecule has 0 aliphatic heterocycles. The van der Waals surface area contributed by atoms with Crippen LogP contribution in [0.1, 0.15) is 11.7 Å². The van der Waals surface area contributed by atoms with E-state index in [9.17, 15) is 25.1 Å². The van der Waals surface area contributed by atoms with Gasteiger partial charge in [-0.05, 0) is 17.7 Å². The highest BCUT2D eigenvalue weighted by Gasteiger charge is 2.23. The van der Waals surface area contributed by atoms with Crippen molar-refractivity contribution in [3.63, 3.8) is 0 Å². The first-order chi connectivity index (χ1) is 11.5. The van der Waals surface area contributed by atoms with Gasteiger partial charge in [0.15, 0.2) is 0 Å². The highest BCUT2D eigenvalue weighted by molar-refractivity contribution is 5.89. The van der Waals surface area contributed by atoms with E-state index in [1.54, 1.807) is 30.3 Å². The van der Waals surface area contributed by atoms with Crippen LogP contribution in [0.3, 0.4) is 0 Å². The zero-order chi connectivity index (χ0) is 17.5. The minimum Gasteiger partial charge on any atom is -0.394 e. The van der Waals surface area contributed by atoms with Crippen molar-refractivity contribution in [2.45, 2.75) is 12.1 Å². The number of nitro benzene ring substituents is 1. The van der Waals surface area contributed by atoms with Gasteiger partial charge in [-0.1, -0.05) is 30.3 Å². The van der Waals surface area contributed by atoms with Crippen molar-refractivity contribution >= 4 is 17.4 Å². The van der Waals surface area contributed by atoms with E-state index in [-0.39, 0.29) is 11.3 Å². The summed E-state index contributed by atoms with van der Waals surface area (Å²) >= 11 is 0. The summed E-state index contributed by atoms with van der Waals surface area (Å²) in [6, 6.07) is 12.4. The van der Waals surface area contributed by atoms with Crippen molar-refractivity contribution < 1.29 is 19.9 Å². The van der Waals surface area contributed by atoms with E-state index < -0.39 is 29.7 Å². The maximum Gasteiger partial charge on any atom is 0.319 e. The van der Waals surface area contributed by atoms with Gasteiger partial charge in [0.25, 0.3) is 5.69 Å². The first-order valence-corrected chi connectivity index (χ1v) is 7.17. The van der Waals surface area contributed by atoms with Gasteiger partial charge in [-0.25, -0.2) is 4.79 Å². The molecule has 0 bridgehead atoms. The van der Waals surface area contributed by atoms with Gasteiger partial charge in [-0.15, -0.1) is 0 Å². The molecule has 4 N–H and O–H groups in total. The van der Waals surface area contributed by atoms with E-state index in [2.05, 4.69) is 10.6 Å². The molecule has 2 amide bonds. The molecule has 0 aromatic heterocycles. The number of hydrogen-bond acceptors (Lipinski definition) is 5. The van der Waals surface area contributed by atoms with Gasteiger partial charge >= 0.3 is 6.03 Å². The molecule has 0 spiro atoms. The second kappa shape index (κ2) is 8.04. The first-order valence-electron chi connectivity index (χ1n) is 7.17. The standard InChI is InChI=1S/C16H17N3O5/c20-10-14(18-16(22)17-12-6-2-1-3-7-12)15(21)11-5-4-8-13(9-11)19(23)24/h1-9,14-15,20-21H,10H2,(H2,17,18,22)/t14-,15-/m0/s1. The number of nitro groups is 1. The second-order valence-electron chi connectivity index (χ2n) is 5.05. The highest BCUT2D eigenvalue weighted by Crippen LogP contribution is 2.21. The Labute approximate surface area is 137 Å². The van der Waals surface area contributed by atoms with Crippen LogP contribution < -0.4 is 10.6 Å². The van der Waals surface area contributed by atoms with Crippen molar-refractivity contribution in [3.05, 3.63) is 70.3 Å². The topological polar surface area (TPSA) is 125 Å². The smallest absolute Gasteiger partial charge is 0.319 e. The Morgan fingerprint density at radius 2 is 1.88 bits per heavy atom. The third-order valence-corrected chi connectivity index (χ3v) is 3.35. The van der Waals surface area contributed by atoms with Gasteiger partial charge < -0.3 is 20.8 Å². The Morgan fingerprint density at radius 1 is 1.17 bits per heavy atom. The largest absolute Gasteiger partial charge is 0.394 e. The molecule has 0 saturated carbocycles. The van der Waals surface area contributed by atoms with Crippen LogP contribution in [-0.4, -0.2) is 33.8 Å². The average Bonchev–Trinajstić information content (AvgIpc) is 2.60. The first kappa shape index (κ1) is 17.4. The van der Waals surface area contributed by atoms with Crippen molar-refractivity contribution in [1.29, 1.82) is 0 Å². The minimum absolute atomic E-state index is 0.183. The van der Waals surface area contributed by atoms with E-state index in [0.717, 1.165) is 0 Å². The van der Waals surface area contributed by atoms with Crippen molar-refractivity contribution in [1.82, 2.24) is 5.32 Å². The fraction of sp³-hybridized carbons (Fsp3) is 0.188. The number of amides is 2. The summed E-state index contributed by atoms with van der Waals surface area (Å²) in [6.45, 7) is -0.536. The number of para-hydroxylation sites is 1. The lowest BCUT2D eigenvalue weighted by Gasteiger charge is -2.22. The number of benzene rings is 2. The summed E-state index contributed by atoms with van der Waals surface area (Å²) in [5.41, 5.74) is 0.594. The second-order valence-corrected chi connectivity index (χ2v) is 5.05. The lowest BCUT2D eigenvalue weighted by atomic mass is 10.0. The Morgan fingerprint density at radius 3 is 2.50 bits per heavy atom. The number of carbonyl (C=O) groups excluding carboxylic acids is 1. The zero-order valence-corrected chi connectivity index (χ0v) is 12.6. The van der Waals surface area contributed by atoms with Crippen LogP contribution in [0.2, 0.25) is 0 Å². The fourth-order valence-electron chi connectivity index (χ4n) is 2.14. The maximum absolute atomic E-state index is 11.9. The number of aliphatic hydroxyl groups excluding tert-OH is 2. The Bertz CT molecular complexity index is 708. The van der Waals surface area contributed by atoms with Crippen LogP contribution in [0, 0.1) is 10.1 Å². The van der Waals surface area contributed by atoms with Crippen molar-refractivity contribution in [2.24, 2.45) is 0 Å². The normalized spacial score (nSPS) is 12.9. The molecule has 0 aliphatic rings. The number of hydrogen-bond donors (Lipinski definition) is 4. The van der Waals surface area contributed by atoms with E-state index >= 15 is 0 Å². The zero-order valence-electron chi connectivity index (χ0n) is 12.6. The van der Waals surface area contributed by atoms with E-state index in [1.807, 2.05) is 0 Å². The molecule has 2 atom stereocenters. The van der Waals surface area contributed by atoms with Crippen LogP contribution in [0.25, 0.3) is 0 Å². The number of anilines is 1. The number of aliphatic hydroxyl groups is 2. The summed E-state index contributed by atoms with van der Waals surface area (Å²) in [6.07, 6.45) is -1.29. The molecule has 126 valence electrons. The molecule has 2 rings (SSSR count). The summed E-state index contributed by atoms with van der Waals surface area (Å²) in [7, 11) is 0. The Balaban J connectivity index is 2.06. The summed E-state index contributed by atoms with van der Waals surface area (Å²) in [4.78, 5) is 22.1. The molecule has 0 saturated heterocycles. The molecule has 2 aromatic carbocycles. The number of non-ortho nitro benzene ring substituents is 1. The molecule has 0 fully saturated rings. The summed E-state index contributed by atoms with van der Waals surface area (Å²) < 4.78 is 0. The third kappa shape index (κ3) is 4.51. The summed E-state index contributed by atoms with van der Waals surface area (Å²) in [5, 5.41) is 35.5. The van der Waals surface area contributed by atoms with Crippen LogP contribution in [0.5, 0.6) is 0 Å². The third-order valence-electron chi connectivity index (χ3n) is 3.35. The number of nitrogens with one attached hydrogen (secondary N) is 2. The SMILES string of the molecule is O=C(Nc1ccccc1)N[C@@H](CO)[C@@H](O)c1cccc([N+](=O)[O-])c1. The van der Waals surface area contributed by atoms with Gasteiger partial charge in [-0.3, -0.25) is 10.1 Å². The minimum atomic E-state index is -1.29. The molecule has 0 radical (unpaired) electrons. The lowest BCUT2D eigenvalue weighted by molar-refractivity contribution is -0.385. The molecule has 0 unspecified atom stereocenters. The molecule has 2 aromatic rings. The number of rotatable bonds is 6. The fourth-order valence-corrected chi connectivity index (χ4v) is 2.14. The van der Waals surface area contributed by atoms with Crippen LogP contribution in [-0.2, 0) is 0 Å². The molecule has 8 heteroatoms. The predicted molar refractivity (Wildman–Crippen MR) is 87.5 cm³/mol. The van der Waals surface area contributed by atoms with Gasteiger partial charge in [0.1, 0.15) is 6.10 Å². The molecule has 0 aliphatic carbocycles. The highest BCUT2D eigenvalue weighted by atomic mass is 16.6. The van der Waals surface area contributed by atoms with Crippen LogP contribution in [0.15, 0.2) is 54.6 Å². The van der Waals surface area contributed by atoms with Gasteiger partial charge in [0.05, 0.1) is 17.6 Å². The van der Waals surface area contributed by atoms with E-state index in [0.29, 0.717) is 5.69 Å². The molecule has 0 heterocycles. The van der Waals surface area contributed by atoms with Crippen molar-refractivity contribution in [2.75, 3.05) is 11.9 Å². The molecular weight excluding hydrogens is 314 g/mol. The van der Waals surface area contributed by atoms with Crippen LogP contribution >= 0.6 is 0 Å². The Kier molecular flexibility index (Phi) is 5.83. The number of nitrogens with zero attached hydrogens (tertiary/aromatic N) is 1. The Hall–Kier alpha value is -2.97. The monoisotopic (exact) mass is 331 g/mol. The van der Waals surface area contributed by atoms with Gasteiger partial charge in [0.2, 0.25) is 0 Å². The van der Waals surface area contributed by atoms with Crippen LogP contribution in [0.4, 0.5) is 16.2 Å².